The zero-order chi connectivity index (χ0) is 11.9. The van der Waals surface area contributed by atoms with Gasteiger partial charge >= 0.3 is 0 Å². The average molecular weight is 240 g/mol. The lowest BCUT2D eigenvalue weighted by Gasteiger charge is -2.02. The molecule has 1 heterocycles. The molecular formula is C9H8N2O4S. The zero-order valence-corrected chi connectivity index (χ0v) is 9.09. The number of anilines is 1. The first-order valence-corrected chi connectivity index (χ1v) is 5.87. The number of carbonyl (C=O) groups excluding carboxylic acids is 2. The van der Waals surface area contributed by atoms with Crippen LogP contribution in [0.3, 0.4) is 0 Å². The van der Waals surface area contributed by atoms with Crippen LogP contribution >= 0.6 is 0 Å². The lowest BCUT2D eigenvalue weighted by atomic mass is 10.2. The summed E-state index contributed by atoms with van der Waals surface area (Å²) in [4.78, 5) is 22.0. The Balaban J connectivity index is 2.53. The third kappa shape index (κ3) is 1.65. The van der Waals surface area contributed by atoms with E-state index in [0.717, 1.165) is 0 Å². The molecule has 84 valence electrons. The molecule has 0 unspecified atom stereocenters. The van der Waals surface area contributed by atoms with Gasteiger partial charge in [0.15, 0.2) is 0 Å². The molecule has 0 radical (unpaired) electrons. The summed E-state index contributed by atoms with van der Waals surface area (Å²) in [6.45, 7) is 1.32. The Kier molecular flexibility index (Phi) is 2.20. The van der Waals surface area contributed by atoms with E-state index in [0.29, 0.717) is 5.69 Å². The third-order valence-electron chi connectivity index (χ3n) is 2.06. The molecular weight excluding hydrogens is 232 g/mol. The number of nitrogens with one attached hydrogen (secondary N) is 2. The van der Waals surface area contributed by atoms with Crippen molar-refractivity contribution >= 4 is 27.5 Å². The van der Waals surface area contributed by atoms with Gasteiger partial charge in [0.25, 0.3) is 15.9 Å². The lowest BCUT2D eigenvalue weighted by Crippen LogP contribution is -2.20. The molecule has 16 heavy (non-hydrogen) atoms. The van der Waals surface area contributed by atoms with Gasteiger partial charge < -0.3 is 5.32 Å². The van der Waals surface area contributed by atoms with Crippen molar-refractivity contribution in [1.29, 1.82) is 0 Å². The van der Waals surface area contributed by atoms with Crippen LogP contribution in [0.4, 0.5) is 5.69 Å². The summed E-state index contributed by atoms with van der Waals surface area (Å²) < 4.78 is 24.6. The maximum atomic E-state index is 11.4. The molecule has 6 nitrogen and oxygen atoms in total. The first-order chi connectivity index (χ1) is 7.40. The highest BCUT2D eigenvalue weighted by Gasteiger charge is 2.32. The monoisotopic (exact) mass is 240 g/mol. The van der Waals surface area contributed by atoms with Crippen LogP contribution < -0.4 is 10.0 Å². The minimum Gasteiger partial charge on any atom is -0.326 e. The summed E-state index contributed by atoms with van der Waals surface area (Å²) in [5, 5.41) is 2.47. The average Bonchev–Trinajstić information content (AvgIpc) is 2.36. The molecule has 7 heteroatoms. The van der Waals surface area contributed by atoms with Gasteiger partial charge in [-0.15, -0.1) is 0 Å². The standard InChI is InChI=1S/C9H8N2O4S/c1-5(12)10-6-2-3-8-7(4-6)9(13)11-16(8,14)15/h2-4H,1H3,(H,10,12)(H,11,13). The second-order valence-corrected chi connectivity index (χ2v) is 4.98. The second kappa shape index (κ2) is 3.31. The Morgan fingerprint density at radius 2 is 2.06 bits per heavy atom. The van der Waals surface area contributed by atoms with E-state index < -0.39 is 15.9 Å². The van der Waals surface area contributed by atoms with Crippen molar-refractivity contribution in [3.05, 3.63) is 23.8 Å². The van der Waals surface area contributed by atoms with Crippen LogP contribution in [0.1, 0.15) is 17.3 Å². The third-order valence-corrected chi connectivity index (χ3v) is 3.45. The summed E-state index contributed by atoms with van der Waals surface area (Å²) in [5.41, 5.74) is 0.435. The number of benzene rings is 1. The summed E-state index contributed by atoms with van der Waals surface area (Å²) >= 11 is 0. The highest BCUT2D eigenvalue weighted by Crippen LogP contribution is 2.25. The summed E-state index contributed by atoms with van der Waals surface area (Å²) in [5.74, 6) is -0.969. The molecule has 2 amide bonds. The minimum absolute atomic E-state index is 0.0475. The maximum absolute atomic E-state index is 11.4. The molecule has 0 aliphatic carbocycles. The molecule has 0 saturated carbocycles. The number of hydrogen-bond donors (Lipinski definition) is 2. The van der Waals surface area contributed by atoms with Gasteiger partial charge in [-0.1, -0.05) is 0 Å². The number of rotatable bonds is 1. The zero-order valence-electron chi connectivity index (χ0n) is 8.27. The van der Waals surface area contributed by atoms with E-state index in [2.05, 4.69) is 5.32 Å². The largest absolute Gasteiger partial charge is 0.326 e. The number of fused-ring (bicyclic) bond motifs is 1. The topological polar surface area (TPSA) is 92.3 Å². The number of sulfonamides is 1. The van der Waals surface area contributed by atoms with E-state index in [1.54, 1.807) is 0 Å². The van der Waals surface area contributed by atoms with Gasteiger partial charge in [-0.05, 0) is 18.2 Å². The predicted octanol–water partition coefficient (Wildman–Crippen LogP) is 0.0771. The number of carbonyl (C=O) groups is 2. The molecule has 1 aliphatic rings. The molecule has 1 aromatic carbocycles. The Hall–Kier alpha value is -1.89. The van der Waals surface area contributed by atoms with Crippen molar-refractivity contribution in [3.63, 3.8) is 0 Å². The molecule has 0 aromatic heterocycles. The fourth-order valence-electron chi connectivity index (χ4n) is 1.45. The fourth-order valence-corrected chi connectivity index (χ4v) is 2.61. The normalized spacial score (nSPS) is 16.4. The van der Waals surface area contributed by atoms with E-state index >= 15 is 0 Å². The van der Waals surface area contributed by atoms with Crippen LogP contribution in [0, 0.1) is 0 Å². The van der Waals surface area contributed by atoms with Crippen molar-refractivity contribution in [1.82, 2.24) is 4.72 Å². The molecule has 1 aliphatic heterocycles. The van der Waals surface area contributed by atoms with Crippen LogP contribution in [0.25, 0.3) is 0 Å². The first kappa shape index (κ1) is 10.6. The Bertz CT molecular complexity index is 592. The van der Waals surface area contributed by atoms with Crippen molar-refractivity contribution in [2.24, 2.45) is 0 Å². The maximum Gasteiger partial charge on any atom is 0.266 e. The highest BCUT2D eigenvalue weighted by atomic mass is 32.2. The van der Waals surface area contributed by atoms with E-state index in [4.69, 9.17) is 0 Å². The van der Waals surface area contributed by atoms with Crippen LogP contribution in [0.5, 0.6) is 0 Å². The molecule has 2 rings (SSSR count). The van der Waals surface area contributed by atoms with Gasteiger partial charge in [0.05, 0.1) is 5.56 Å². The molecule has 0 bridgehead atoms. The fraction of sp³-hybridized carbons (Fsp3) is 0.111. The Labute approximate surface area is 91.7 Å². The molecule has 0 spiro atoms. The molecule has 0 atom stereocenters. The smallest absolute Gasteiger partial charge is 0.266 e. The minimum atomic E-state index is -3.71. The first-order valence-electron chi connectivity index (χ1n) is 4.39. The molecule has 1 aromatic rings. The lowest BCUT2D eigenvalue weighted by molar-refractivity contribution is -0.114. The Morgan fingerprint density at radius 1 is 1.38 bits per heavy atom. The summed E-state index contributed by atoms with van der Waals surface area (Å²) in [6, 6.07) is 4.04. The van der Waals surface area contributed by atoms with Crippen LogP contribution in [0.15, 0.2) is 23.1 Å². The second-order valence-electron chi connectivity index (χ2n) is 3.33. The summed E-state index contributed by atoms with van der Waals surface area (Å²) in [6.07, 6.45) is 0. The van der Waals surface area contributed by atoms with E-state index in [-0.39, 0.29) is 16.4 Å². The van der Waals surface area contributed by atoms with Gasteiger partial charge in [0, 0.05) is 12.6 Å². The predicted molar refractivity (Wildman–Crippen MR) is 55.4 cm³/mol. The molecule has 0 fully saturated rings. The number of amides is 2. The van der Waals surface area contributed by atoms with Gasteiger partial charge in [-0.25, -0.2) is 13.1 Å². The SMILES string of the molecule is CC(=O)Nc1ccc2c(c1)C(=O)NS2(=O)=O. The van der Waals surface area contributed by atoms with Gasteiger partial charge in [0.1, 0.15) is 4.90 Å². The van der Waals surface area contributed by atoms with Crippen molar-refractivity contribution < 1.29 is 18.0 Å². The van der Waals surface area contributed by atoms with Gasteiger partial charge in [0.2, 0.25) is 5.91 Å². The Morgan fingerprint density at radius 3 is 2.69 bits per heavy atom. The quantitative estimate of drug-likeness (QED) is 0.727. The van der Waals surface area contributed by atoms with Crippen molar-refractivity contribution in [2.45, 2.75) is 11.8 Å². The van der Waals surface area contributed by atoms with Crippen molar-refractivity contribution in [3.8, 4) is 0 Å². The van der Waals surface area contributed by atoms with Gasteiger partial charge in [-0.3, -0.25) is 9.59 Å². The van der Waals surface area contributed by atoms with Crippen LogP contribution in [0.2, 0.25) is 0 Å². The van der Waals surface area contributed by atoms with Crippen molar-refractivity contribution in [2.75, 3.05) is 5.32 Å². The van der Waals surface area contributed by atoms with E-state index in [9.17, 15) is 18.0 Å². The summed E-state index contributed by atoms with van der Waals surface area (Å²) in [7, 11) is -3.71. The van der Waals surface area contributed by atoms with Crippen LogP contribution in [-0.2, 0) is 14.8 Å². The van der Waals surface area contributed by atoms with E-state index in [1.165, 1.54) is 25.1 Å². The number of hydrogen-bond acceptors (Lipinski definition) is 4. The molecule has 0 saturated heterocycles. The van der Waals surface area contributed by atoms with Gasteiger partial charge in [-0.2, -0.15) is 0 Å². The highest BCUT2D eigenvalue weighted by molar-refractivity contribution is 7.90. The van der Waals surface area contributed by atoms with Crippen LogP contribution in [-0.4, -0.2) is 20.2 Å². The van der Waals surface area contributed by atoms with E-state index in [1.807, 2.05) is 4.72 Å². The molecule has 2 N–H and O–H groups in total.